The summed E-state index contributed by atoms with van der Waals surface area (Å²) in [6.07, 6.45) is 9.82. The van der Waals surface area contributed by atoms with Gasteiger partial charge in [-0.2, -0.15) is 0 Å². The minimum absolute atomic E-state index is 0.425. The van der Waals surface area contributed by atoms with Crippen LogP contribution in [0.2, 0.25) is 0 Å². The third-order valence-electron chi connectivity index (χ3n) is 6.82. The fraction of sp³-hybridized carbons (Fsp3) is 0.667. The van der Waals surface area contributed by atoms with Gasteiger partial charge in [0.1, 0.15) is 0 Å². The normalized spacial score (nSPS) is 34.7. The largest absolute Gasteiger partial charge is 0.389 e. The average molecular weight is 340 g/mol. The fourth-order valence-electron chi connectivity index (χ4n) is 6.31. The number of para-hydroxylation sites is 2. The Bertz CT molecular complexity index is 718. The smallest absolute Gasteiger partial charge is 0.0959 e. The first kappa shape index (κ1) is 15.8. The van der Waals surface area contributed by atoms with Crippen LogP contribution in [0.5, 0.6) is 0 Å². The van der Waals surface area contributed by atoms with Crippen molar-refractivity contribution >= 4 is 11.0 Å². The van der Waals surface area contributed by atoms with Gasteiger partial charge in [-0.15, -0.1) is 0 Å². The highest BCUT2D eigenvalue weighted by Crippen LogP contribution is 2.60. The number of rotatable bonds is 6. The molecule has 2 aromatic rings. The first-order valence-electron chi connectivity index (χ1n) is 9.85. The van der Waals surface area contributed by atoms with Crippen LogP contribution in [0.15, 0.2) is 30.6 Å². The summed E-state index contributed by atoms with van der Waals surface area (Å²) in [5.74, 6) is 2.87. The number of aliphatic hydroxyl groups excluding tert-OH is 1. The standard InChI is InChI=1S/C21H28N2O2/c24-18(11-23-14-22-19-3-1-2-4-20(19)23)12-25-13-21-8-15-5-16(9-21)7-17(6-15)10-21/h1-4,14-18,24H,5-13H2. The van der Waals surface area contributed by atoms with Gasteiger partial charge < -0.3 is 14.4 Å². The maximum absolute atomic E-state index is 10.4. The molecule has 4 aliphatic carbocycles. The van der Waals surface area contributed by atoms with Crippen LogP contribution in [0, 0.1) is 23.2 Å². The second-order valence-corrected chi connectivity index (χ2v) is 8.97. The molecular formula is C21H28N2O2. The molecule has 0 amide bonds. The second-order valence-electron chi connectivity index (χ2n) is 8.97. The van der Waals surface area contributed by atoms with E-state index in [9.17, 15) is 5.11 Å². The van der Waals surface area contributed by atoms with Crippen molar-refractivity contribution in [1.82, 2.24) is 9.55 Å². The van der Waals surface area contributed by atoms with E-state index in [1.165, 1.54) is 38.5 Å². The molecule has 134 valence electrons. The zero-order chi connectivity index (χ0) is 16.9. The van der Waals surface area contributed by atoms with Gasteiger partial charge in [-0.05, 0) is 73.8 Å². The van der Waals surface area contributed by atoms with Crippen LogP contribution in [-0.4, -0.2) is 34.0 Å². The quantitative estimate of drug-likeness (QED) is 0.873. The molecule has 1 atom stereocenters. The molecule has 1 N–H and O–H groups in total. The number of imidazole rings is 1. The summed E-state index contributed by atoms with van der Waals surface area (Å²) < 4.78 is 8.08. The molecule has 6 rings (SSSR count). The second kappa shape index (κ2) is 6.10. The predicted molar refractivity (Wildman–Crippen MR) is 97.2 cm³/mol. The number of hydrogen-bond donors (Lipinski definition) is 1. The van der Waals surface area contributed by atoms with Crippen molar-refractivity contribution < 1.29 is 9.84 Å². The van der Waals surface area contributed by atoms with Gasteiger partial charge in [-0.1, -0.05) is 12.1 Å². The Morgan fingerprint density at radius 3 is 2.52 bits per heavy atom. The van der Waals surface area contributed by atoms with E-state index in [4.69, 9.17) is 4.74 Å². The van der Waals surface area contributed by atoms with Crippen molar-refractivity contribution in [3.8, 4) is 0 Å². The van der Waals surface area contributed by atoms with Crippen molar-refractivity contribution in [2.75, 3.05) is 13.2 Å². The molecule has 1 unspecified atom stereocenters. The minimum atomic E-state index is -0.480. The van der Waals surface area contributed by atoms with Gasteiger partial charge in [-0.3, -0.25) is 0 Å². The molecule has 1 aromatic heterocycles. The lowest BCUT2D eigenvalue weighted by Gasteiger charge is -2.56. The fourth-order valence-corrected chi connectivity index (χ4v) is 6.31. The first-order chi connectivity index (χ1) is 12.2. The zero-order valence-corrected chi connectivity index (χ0v) is 14.8. The van der Waals surface area contributed by atoms with Gasteiger partial charge in [0.05, 0.1) is 43.2 Å². The van der Waals surface area contributed by atoms with Gasteiger partial charge >= 0.3 is 0 Å². The highest BCUT2D eigenvalue weighted by atomic mass is 16.5. The van der Waals surface area contributed by atoms with Crippen LogP contribution in [0.4, 0.5) is 0 Å². The van der Waals surface area contributed by atoms with E-state index in [1.807, 2.05) is 35.2 Å². The summed E-state index contributed by atoms with van der Waals surface area (Å²) in [5, 5.41) is 10.4. The molecule has 4 aliphatic rings. The molecule has 4 fully saturated rings. The predicted octanol–water partition coefficient (Wildman–Crippen LogP) is 3.63. The molecule has 4 heteroatoms. The van der Waals surface area contributed by atoms with Gasteiger partial charge in [-0.25, -0.2) is 4.98 Å². The maximum atomic E-state index is 10.4. The van der Waals surface area contributed by atoms with E-state index in [0.29, 0.717) is 18.6 Å². The number of ether oxygens (including phenoxy) is 1. The highest BCUT2D eigenvalue weighted by molar-refractivity contribution is 5.74. The van der Waals surface area contributed by atoms with Crippen molar-refractivity contribution in [3.05, 3.63) is 30.6 Å². The van der Waals surface area contributed by atoms with Crippen LogP contribution < -0.4 is 0 Å². The Balaban J connectivity index is 1.17. The molecule has 4 bridgehead atoms. The van der Waals surface area contributed by atoms with E-state index >= 15 is 0 Å². The van der Waals surface area contributed by atoms with E-state index in [1.54, 1.807) is 0 Å². The summed E-state index contributed by atoms with van der Waals surface area (Å²) in [5.41, 5.74) is 2.47. The lowest BCUT2D eigenvalue weighted by molar-refractivity contribution is -0.106. The number of aliphatic hydroxyl groups is 1. The van der Waals surface area contributed by atoms with Gasteiger partial charge in [0, 0.05) is 0 Å². The lowest BCUT2D eigenvalue weighted by atomic mass is 9.50. The third kappa shape index (κ3) is 3.00. The summed E-state index contributed by atoms with van der Waals surface area (Å²) in [4.78, 5) is 4.39. The SMILES string of the molecule is OC(COCC12CC3CC(CC(C3)C1)C2)Cn1cnc2ccccc21. The monoisotopic (exact) mass is 340 g/mol. The molecule has 4 saturated carbocycles. The molecule has 1 heterocycles. The number of nitrogens with zero attached hydrogens (tertiary/aromatic N) is 2. The molecule has 0 saturated heterocycles. The van der Waals surface area contributed by atoms with Gasteiger partial charge in [0.2, 0.25) is 0 Å². The van der Waals surface area contributed by atoms with E-state index in [-0.39, 0.29) is 0 Å². The van der Waals surface area contributed by atoms with E-state index in [2.05, 4.69) is 4.98 Å². The van der Waals surface area contributed by atoms with Crippen molar-refractivity contribution in [3.63, 3.8) is 0 Å². The van der Waals surface area contributed by atoms with Crippen LogP contribution in [0.25, 0.3) is 11.0 Å². The highest BCUT2D eigenvalue weighted by Gasteiger charge is 2.50. The van der Waals surface area contributed by atoms with Crippen LogP contribution in [0.3, 0.4) is 0 Å². The van der Waals surface area contributed by atoms with E-state index in [0.717, 1.165) is 35.4 Å². The van der Waals surface area contributed by atoms with Crippen LogP contribution in [-0.2, 0) is 11.3 Å². The molecule has 1 aromatic carbocycles. The van der Waals surface area contributed by atoms with Crippen LogP contribution in [0.1, 0.15) is 38.5 Å². The topological polar surface area (TPSA) is 47.3 Å². The number of fused-ring (bicyclic) bond motifs is 1. The average Bonchev–Trinajstić information content (AvgIpc) is 2.96. The molecule has 25 heavy (non-hydrogen) atoms. The summed E-state index contributed by atoms with van der Waals surface area (Å²) >= 11 is 0. The van der Waals surface area contributed by atoms with Gasteiger partial charge in [0.15, 0.2) is 0 Å². The zero-order valence-electron chi connectivity index (χ0n) is 14.8. The third-order valence-corrected chi connectivity index (χ3v) is 6.82. The number of hydrogen-bond acceptors (Lipinski definition) is 3. The Hall–Kier alpha value is -1.39. The molecule has 0 aliphatic heterocycles. The van der Waals surface area contributed by atoms with Crippen molar-refractivity contribution in [1.29, 1.82) is 0 Å². The summed E-state index contributed by atoms with van der Waals surface area (Å²) in [7, 11) is 0. The van der Waals surface area contributed by atoms with Gasteiger partial charge in [0.25, 0.3) is 0 Å². The Kier molecular flexibility index (Phi) is 3.86. The lowest BCUT2D eigenvalue weighted by Crippen LogP contribution is -2.48. The number of aromatic nitrogens is 2. The summed E-state index contributed by atoms with van der Waals surface area (Å²) in [6.45, 7) is 1.81. The molecule has 0 radical (unpaired) electrons. The Morgan fingerprint density at radius 1 is 1.12 bits per heavy atom. The summed E-state index contributed by atoms with van der Waals surface area (Å²) in [6, 6.07) is 8.05. The van der Waals surface area contributed by atoms with E-state index < -0.39 is 6.10 Å². The molecule has 4 nitrogen and oxygen atoms in total. The first-order valence-corrected chi connectivity index (χ1v) is 9.85. The Labute approximate surface area is 149 Å². The minimum Gasteiger partial charge on any atom is -0.389 e. The van der Waals surface area contributed by atoms with Crippen molar-refractivity contribution in [2.24, 2.45) is 23.2 Å². The molecule has 0 spiro atoms. The van der Waals surface area contributed by atoms with Crippen LogP contribution >= 0.6 is 0 Å². The molecular weight excluding hydrogens is 312 g/mol. The maximum Gasteiger partial charge on any atom is 0.0959 e. The van der Waals surface area contributed by atoms with Crippen molar-refractivity contribution in [2.45, 2.75) is 51.2 Å². The Morgan fingerprint density at radius 2 is 1.80 bits per heavy atom. The number of benzene rings is 1.